The molecular weight excluding hydrogens is 409 g/mol. The van der Waals surface area contributed by atoms with Gasteiger partial charge in [0.15, 0.2) is 10.7 Å². The third-order valence-electron chi connectivity index (χ3n) is 5.40. The molecule has 0 aliphatic carbocycles. The lowest BCUT2D eigenvalue weighted by atomic mass is 10.0. The lowest BCUT2D eigenvalue weighted by Gasteiger charge is -2.29. The van der Waals surface area contributed by atoms with Crippen molar-refractivity contribution in [3.8, 4) is 0 Å². The summed E-state index contributed by atoms with van der Waals surface area (Å²) in [7, 11) is 0. The Morgan fingerprint density at radius 2 is 2.23 bits per heavy atom. The van der Waals surface area contributed by atoms with E-state index in [9.17, 15) is 9.18 Å². The first-order valence-electron chi connectivity index (χ1n) is 9.86. The summed E-state index contributed by atoms with van der Waals surface area (Å²) in [6, 6.07) is 4.14. The molecule has 1 aliphatic rings. The number of nitrogens with zero attached hydrogens (tertiary/aromatic N) is 3. The molecule has 0 fully saturated rings. The van der Waals surface area contributed by atoms with Gasteiger partial charge in [-0.05, 0) is 26.0 Å². The van der Waals surface area contributed by atoms with Gasteiger partial charge >= 0.3 is 6.03 Å². The minimum absolute atomic E-state index is 0.0701. The fraction of sp³-hybridized carbons (Fsp3) is 0.450. The van der Waals surface area contributed by atoms with Crippen molar-refractivity contribution >= 4 is 39.6 Å². The molecule has 0 unspecified atom stereocenters. The van der Waals surface area contributed by atoms with Crippen molar-refractivity contribution in [2.45, 2.75) is 45.2 Å². The normalized spacial score (nSPS) is 20.0. The average molecular weight is 434 g/mol. The summed E-state index contributed by atoms with van der Waals surface area (Å²) in [6.45, 7) is 6.44. The Morgan fingerprint density at radius 1 is 1.43 bits per heavy atom. The van der Waals surface area contributed by atoms with Gasteiger partial charge in [0, 0.05) is 35.9 Å². The van der Waals surface area contributed by atoms with Gasteiger partial charge < -0.3 is 19.7 Å². The van der Waals surface area contributed by atoms with Crippen LogP contribution in [0.3, 0.4) is 0 Å². The fourth-order valence-corrected chi connectivity index (χ4v) is 4.71. The number of nitrogens with one attached hydrogen (secondary N) is 2. The molecule has 4 rings (SSSR count). The van der Waals surface area contributed by atoms with Gasteiger partial charge in [-0.2, -0.15) is 4.98 Å². The molecular formula is C20H24FN5O3S. The zero-order chi connectivity index (χ0) is 21.4. The van der Waals surface area contributed by atoms with Crippen LogP contribution in [0.5, 0.6) is 0 Å². The van der Waals surface area contributed by atoms with Gasteiger partial charge in [0.05, 0.1) is 18.3 Å². The van der Waals surface area contributed by atoms with Gasteiger partial charge in [0.25, 0.3) is 6.01 Å². The number of carbonyl (C=O) groups is 1. The Hall–Kier alpha value is -2.72. The summed E-state index contributed by atoms with van der Waals surface area (Å²) < 4.78 is 19.4. The second kappa shape index (κ2) is 8.19. The number of carbonyl (C=O) groups excluding carboxylic acids is 1. The Labute approximate surface area is 177 Å². The minimum Gasteiger partial charge on any atom is -0.423 e. The second-order valence-corrected chi connectivity index (χ2v) is 8.62. The molecule has 1 aromatic carbocycles. The van der Waals surface area contributed by atoms with E-state index in [0.717, 1.165) is 10.6 Å². The van der Waals surface area contributed by atoms with Crippen LogP contribution in [-0.4, -0.2) is 46.3 Å². The number of anilines is 2. The van der Waals surface area contributed by atoms with Gasteiger partial charge in [-0.1, -0.05) is 6.92 Å². The van der Waals surface area contributed by atoms with E-state index in [4.69, 9.17) is 9.52 Å². The van der Waals surface area contributed by atoms with Crippen molar-refractivity contribution in [3.05, 3.63) is 34.6 Å². The van der Waals surface area contributed by atoms with E-state index in [1.165, 1.54) is 23.5 Å². The smallest absolute Gasteiger partial charge is 0.321 e. The van der Waals surface area contributed by atoms with Gasteiger partial charge in [0.2, 0.25) is 0 Å². The highest BCUT2D eigenvalue weighted by atomic mass is 32.1. The van der Waals surface area contributed by atoms with Crippen LogP contribution in [0.15, 0.2) is 22.6 Å². The first-order valence-corrected chi connectivity index (χ1v) is 10.7. The Kier molecular flexibility index (Phi) is 5.61. The number of benzene rings is 1. The summed E-state index contributed by atoms with van der Waals surface area (Å²) in [4.78, 5) is 24.3. The van der Waals surface area contributed by atoms with Gasteiger partial charge in [0.1, 0.15) is 11.3 Å². The third-order valence-corrected chi connectivity index (χ3v) is 6.62. The summed E-state index contributed by atoms with van der Waals surface area (Å²) in [5.41, 5.74) is 1.99. The van der Waals surface area contributed by atoms with Crippen molar-refractivity contribution in [1.82, 2.24) is 15.3 Å². The quantitative estimate of drug-likeness (QED) is 0.582. The zero-order valence-electron chi connectivity index (χ0n) is 17.0. The number of thiazole rings is 1. The predicted octanol–water partition coefficient (Wildman–Crippen LogP) is 3.48. The largest absolute Gasteiger partial charge is 0.423 e. The molecule has 0 saturated heterocycles. The molecule has 1 aliphatic heterocycles. The zero-order valence-corrected chi connectivity index (χ0v) is 17.8. The number of hydrogen-bond donors (Lipinski definition) is 3. The van der Waals surface area contributed by atoms with Crippen LogP contribution >= 0.6 is 11.3 Å². The molecule has 8 nitrogen and oxygen atoms in total. The van der Waals surface area contributed by atoms with E-state index in [2.05, 4.69) is 39.3 Å². The van der Waals surface area contributed by atoms with Crippen molar-refractivity contribution in [2.24, 2.45) is 0 Å². The molecule has 30 heavy (non-hydrogen) atoms. The number of aromatic nitrogens is 2. The maximum Gasteiger partial charge on any atom is 0.321 e. The Balaban J connectivity index is 1.53. The molecule has 2 amide bonds. The molecule has 160 valence electrons. The first kappa shape index (κ1) is 20.5. The molecule has 3 atom stereocenters. The number of aliphatic hydroxyl groups excluding tert-OH is 1. The first-order chi connectivity index (χ1) is 14.4. The molecule has 0 bridgehead atoms. The summed E-state index contributed by atoms with van der Waals surface area (Å²) in [5, 5.41) is 15.0. The Bertz CT molecular complexity index is 1070. The topological polar surface area (TPSA) is 104 Å². The fourth-order valence-electron chi connectivity index (χ4n) is 3.55. The number of amides is 2. The number of fused-ring (bicyclic) bond motifs is 2. The number of aliphatic hydroxyl groups is 1. The standard InChI is InChI=1S/C20H24FN5O3S/c1-10(9-27)22-18(28)25-19-23-14-6-7-26(12(3)11(2)17(14)30-19)20-24-15-8-13(21)4-5-16(15)29-20/h4-5,8,10-12,27H,6-7,9H2,1-3H3,(H2,22,23,25,28)/t10-,11-,12+/m1/s1. The highest BCUT2D eigenvalue weighted by molar-refractivity contribution is 7.16. The van der Waals surface area contributed by atoms with E-state index < -0.39 is 0 Å². The van der Waals surface area contributed by atoms with Crippen molar-refractivity contribution in [3.63, 3.8) is 0 Å². The maximum atomic E-state index is 13.5. The van der Waals surface area contributed by atoms with E-state index in [0.29, 0.717) is 35.2 Å². The highest BCUT2D eigenvalue weighted by Gasteiger charge is 2.32. The summed E-state index contributed by atoms with van der Waals surface area (Å²) >= 11 is 1.45. The van der Waals surface area contributed by atoms with Gasteiger partial charge in [-0.3, -0.25) is 5.32 Å². The summed E-state index contributed by atoms with van der Waals surface area (Å²) in [6.07, 6.45) is 0.671. The molecule has 3 aromatic rings. The van der Waals surface area contributed by atoms with Crippen LogP contribution in [0.2, 0.25) is 0 Å². The number of urea groups is 1. The molecule has 0 saturated carbocycles. The SMILES string of the molecule is C[C@H](CO)NC(=O)Nc1nc2c(s1)[C@H](C)[C@H](C)N(c1nc3cc(F)ccc3o1)CC2. The molecule has 0 radical (unpaired) electrons. The molecule has 10 heteroatoms. The van der Waals surface area contributed by atoms with Crippen LogP contribution in [0.4, 0.5) is 20.3 Å². The number of rotatable bonds is 4. The third kappa shape index (κ3) is 3.97. The minimum atomic E-state index is -0.388. The monoisotopic (exact) mass is 433 g/mol. The van der Waals surface area contributed by atoms with Crippen molar-refractivity contribution in [1.29, 1.82) is 0 Å². The average Bonchev–Trinajstić information content (AvgIpc) is 3.27. The van der Waals surface area contributed by atoms with Gasteiger partial charge in [-0.15, -0.1) is 11.3 Å². The van der Waals surface area contributed by atoms with Crippen LogP contribution < -0.4 is 15.5 Å². The van der Waals surface area contributed by atoms with E-state index >= 15 is 0 Å². The number of halogens is 1. The number of hydrogen-bond acceptors (Lipinski definition) is 7. The molecule has 3 N–H and O–H groups in total. The van der Waals surface area contributed by atoms with E-state index in [-0.39, 0.29) is 36.5 Å². The van der Waals surface area contributed by atoms with Crippen molar-refractivity contribution in [2.75, 3.05) is 23.4 Å². The van der Waals surface area contributed by atoms with Crippen LogP contribution in [-0.2, 0) is 6.42 Å². The van der Waals surface area contributed by atoms with Crippen LogP contribution in [0.25, 0.3) is 11.1 Å². The van der Waals surface area contributed by atoms with Crippen molar-refractivity contribution < 1.29 is 18.7 Å². The highest BCUT2D eigenvalue weighted by Crippen LogP contribution is 2.38. The predicted molar refractivity (Wildman–Crippen MR) is 114 cm³/mol. The molecule has 3 heterocycles. The van der Waals surface area contributed by atoms with E-state index in [1.807, 2.05) is 0 Å². The Morgan fingerprint density at radius 3 is 3.00 bits per heavy atom. The second-order valence-electron chi connectivity index (χ2n) is 7.59. The molecule has 2 aromatic heterocycles. The lowest BCUT2D eigenvalue weighted by Crippen LogP contribution is -2.38. The van der Waals surface area contributed by atoms with Crippen LogP contribution in [0.1, 0.15) is 37.3 Å². The lowest BCUT2D eigenvalue weighted by molar-refractivity contribution is 0.229. The van der Waals surface area contributed by atoms with E-state index in [1.54, 1.807) is 13.0 Å². The maximum absolute atomic E-state index is 13.5. The summed E-state index contributed by atoms with van der Waals surface area (Å²) in [5.74, 6) is -0.217. The van der Waals surface area contributed by atoms with Gasteiger partial charge in [-0.25, -0.2) is 14.2 Å². The number of oxazole rings is 1. The van der Waals surface area contributed by atoms with Crippen LogP contribution in [0, 0.1) is 5.82 Å². The molecule has 0 spiro atoms.